The van der Waals surface area contributed by atoms with Gasteiger partial charge in [0.2, 0.25) is 0 Å². The van der Waals surface area contributed by atoms with E-state index in [0.717, 1.165) is 11.5 Å². The molecule has 2 N–H and O–H groups in total. The van der Waals surface area contributed by atoms with Crippen LogP contribution in [-0.4, -0.2) is 28.2 Å². The molecule has 0 aliphatic heterocycles. The Kier molecular flexibility index (Phi) is 3.74. The SMILES string of the molecule is Cc1nsc(NCCC(F)(F)F)c1C(=O)O. The molecule has 0 fully saturated rings. The minimum absolute atomic E-state index is 0.0628. The van der Waals surface area contributed by atoms with Crippen LogP contribution in [0, 0.1) is 6.92 Å². The second-order valence-corrected chi connectivity index (χ2v) is 3.84. The second kappa shape index (κ2) is 4.69. The number of hydrogen-bond donors (Lipinski definition) is 2. The van der Waals surface area contributed by atoms with Gasteiger partial charge in [0.1, 0.15) is 10.6 Å². The quantitative estimate of drug-likeness (QED) is 0.866. The van der Waals surface area contributed by atoms with Crippen LogP contribution < -0.4 is 5.32 Å². The van der Waals surface area contributed by atoms with E-state index in [0.29, 0.717) is 5.69 Å². The van der Waals surface area contributed by atoms with Crippen molar-refractivity contribution >= 4 is 22.5 Å². The van der Waals surface area contributed by atoms with Gasteiger partial charge < -0.3 is 10.4 Å². The average molecular weight is 254 g/mol. The Labute approximate surface area is 93.3 Å². The highest BCUT2D eigenvalue weighted by atomic mass is 32.1. The molecule has 1 aromatic heterocycles. The monoisotopic (exact) mass is 254 g/mol. The van der Waals surface area contributed by atoms with Crippen LogP contribution in [0.3, 0.4) is 0 Å². The molecule has 90 valence electrons. The lowest BCUT2D eigenvalue weighted by molar-refractivity contribution is -0.131. The van der Waals surface area contributed by atoms with Gasteiger partial charge in [-0.2, -0.15) is 17.5 Å². The number of nitrogens with zero attached hydrogens (tertiary/aromatic N) is 1. The number of aromatic nitrogens is 1. The van der Waals surface area contributed by atoms with Crippen LogP contribution in [-0.2, 0) is 0 Å². The molecule has 0 saturated heterocycles. The van der Waals surface area contributed by atoms with Crippen molar-refractivity contribution in [2.24, 2.45) is 0 Å². The number of anilines is 1. The normalized spacial score (nSPS) is 11.5. The summed E-state index contributed by atoms with van der Waals surface area (Å²) in [5.74, 6) is -1.19. The fourth-order valence-corrected chi connectivity index (χ4v) is 1.87. The number of alkyl halides is 3. The maximum Gasteiger partial charge on any atom is 0.390 e. The molecule has 1 rings (SSSR count). The summed E-state index contributed by atoms with van der Waals surface area (Å²) >= 11 is 0.846. The average Bonchev–Trinajstić information content (AvgIpc) is 2.44. The highest BCUT2D eigenvalue weighted by molar-refractivity contribution is 7.10. The molecule has 0 spiro atoms. The largest absolute Gasteiger partial charge is 0.478 e. The van der Waals surface area contributed by atoms with E-state index in [2.05, 4.69) is 9.69 Å². The third-order valence-electron chi connectivity index (χ3n) is 1.77. The van der Waals surface area contributed by atoms with E-state index in [1.54, 1.807) is 0 Å². The number of aryl methyl sites for hydroxylation is 1. The zero-order chi connectivity index (χ0) is 12.3. The third kappa shape index (κ3) is 3.37. The number of carboxylic acids is 1. The van der Waals surface area contributed by atoms with Crippen molar-refractivity contribution < 1.29 is 23.1 Å². The number of aromatic carboxylic acids is 1. The van der Waals surface area contributed by atoms with Crippen LogP contribution in [0.5, 0.6) is 0 Å². The fourth-order valence-electron chi connectivity index (χ4n) is 1.06. The maximum absolute atomic E-state index is 11.9. The maximum atomic E-state index is 11.9. The summed E-state index contributed by atoms with van der Waals surface area (Å²) < 4.78 is 39.3. The molecule has 16 heavy (non-hydrogen) atoms. The summed E-state index contributed by atoms with van der Waals surface area (Å²) in [5.41, 5.74) is 0.235. The topological polar surface area (TPSA) is 62.2 Å². The highest BCUT2D eigenvalue weighted by Crippen LogP contribution is 2.25. The third-order valence-corrected chi connectivity index (χ3v) is 2.67. The summed E-state index contributed by atoms with van der Waals surface area (Å²) in [7, 11) is 0. The van der Waals surface area contributed by atoms with E-state index in [4.69, 9.17) is 5.11 Å². The first kappa shape index (κ1) is 12.8. The van der Waals surface area contributed by atoms with Gasteiger partial charge in [0, 0.05) is 6.54 Å². The summed E-state index contributed by atoms with van der Waals surface area (Å²) in [4.78, 5) is 10.8. The lowest BCUT2D eigenvalue weighted by atomic mass is 10.2. The summed E-state index contributed by atoms with van der Waals surface area (Å²) in [6.07, 6.45) is -5.26. The molecular weight excluding hydrogens is 245 g/mol. The minimum Gasteiger partial charge on any atom is -0.478 e. The van der Waals surface area contributed by atoms with E-state index in [1.807, 2.05) is 0 Å². The molecule has 0 amide bonds. The Morgan fingerprint density at radius 1 is 1.56 bits per heavy atom. The first-order chi connectivity index (χ1) is 7.31. The van der Waals surface area contributed by atoms with Gasteiger partial charge in [-0.05, 0) is 18.5 Å². The Balaban J connectivity index is 2.64. The van der Waals surface area contributed by atoms with E-state index < -0.39 is 18.6 Å². The molecular formula is C8H9F3N2O2S. The molecule has 0 atom stereocenters. The number of rotatable bonds is 4. The molecule has 0 saturated carbocycles. The molecule has 1 aromatic rings. The fraction of sp³-hybridized carbons (Fsp3) is 0.500. The molecule has 0 aliphatic carbocycles. The van der Waals surface area contributed by atoms with Gasteiger partial charge in [-0.1, -0.05) is 0 Å². The molecule has 0 aromatic carbocycles. The number of carboxylic acid groups (broad SMARTS) is 1. The van der Waals surface area contributed by atoms with Gasteiger partial charge >= 0.3 is 12.1 Å². The van der Waals surface area contributed by atoms with Crippen LogP contribution >= 0.6 is 11.5 Å². The summed E-state index contributed by atoms with van der Waals surface area (Å²) in [6.45, 7) is 1.14. The lowest BCUT2D eigenvalue weighted by Crippen LogP contribution is -2.15. The van der Waals surface area contributed by atoms with Crippen molar-refractivity contribution in [3.05, 3.63) is 11.3 Å². The highest BCUT2D eigenvalue weighted by Gasteiger charge is 2.27. The van der Waals surface area contributed by atoms with Crippen molar-refractivity contribution in [2.75, 3.05) is 11.9 Å². The standard InChI is InChI=1S/C8H9F3N2O2S/c1-4-5(7(14)15)6(16-13-4)12-3-2-8(9,10)11/h12H,2-3H2,1H3,(H,14,15). The molecule has 4 nitrogen and oxygen atoms in total. The predicted molar refractivity (Wildman–Crippen MR) is 53.0 cm³/mol. The number of hydrogen-bond acceptors (Lipinski definition) is 4. The molecule has 0 bridgehead atoms. The first-order valence-electron chi connectivity index (χ1n) is 4.31. The van der Waals surface area contributed by atoms with E-state index in [9.17, 15) is 18.0 Å². The molecule has 1 heterocycles. The Bertz CT molecular complexity index is 389. The predicted octanol–water partition coefficient (Wildman–Crippen LogP) is 2.51. The smallest absolute Gasteiger partial charge is 0.390 e. The van der Waals surface area contributed by atoms with Gasteiger partial charge in [-0.3, -0.25) is 0 Å². The van der Waals surface area contributed by atoms with E-state index in [-0.39, 0.29) is 17.1 Å². The molecule has 0 aliphatic rings. The summed E-state index contributed by atoms with van der Waals surface area (Å²) in [5, 5.41) is 11.4. The van der Waals surface area contributed by atoms with Gasteiger partial charge in [0.05, 0.1) is 12.1 Å². The summed E-state index contributed by atoms with van der Waals surface area (Å²) in [6, 6.07) is 0. The zero-order valence-electron chi connectivity index (χ0n) is 8.26. The lowest BCUT2D eigenvalue weighted by Gasteiger charge is -2.07. The van der Waals surface area contributed by atoms with Crippen LogP contribution in [0.4, 0.5) is 18.2 Å². The Hall–Kier alpha value is -1.31. The van der Waals surface area contributed by atoms with Gasteiger partial charge in [-0.15, -0.1) is 0 Å². The van der Waals surface area contributed by atoms with Crippen molar-refractivity contribution in [3.8, 4) is 0 Å². The van der Waals surface area contributed by atoms with Crippen LogP contribution in [0.25, 0.3) is 0 Å². The van der Waals surface area contributed by atoms with Crippen molar-refractivity contribution in [3.63, 3.8) is 0 Å². The van der Waals surface area contributed by atoms with Gasteiger partial charge in [0.25, 0.3) is 0 Å². The van der Waals surface area contributed by atoms with E-state index >= 15 is 0 Å². The Morgan fingerprint density at radius 3 is 2.69 bits per heavy atom. The number of carbonyl (C=O) groups is 1. The van der Waals surface area contributed by atoms with Crippen molar-refractivity contribution in [1.82, 2.24) is 4.37 Å². The molecule has 0 radical (unpaired) electrons. The van der Waals surface area contributed by atoms with Crippen LogP contribution in [0.15, 0.2) is 0 Å². The number of halogens is 3. The first-order valence-corrected chi connectivity index (χ1v) is 5.09. The molecule has 0 unspecified atom stereocenters. The van der Waals surface area contributed by atoms with Gasteiger partial charge in [0.15, 0.2) is 0 Å². The number of nitrogens with one attached hydrogen (secondary N) is 1. The van der Waals surface area contributed by atoms with Crippen molar-refractivity contribution in [2.45, 2.75) is 19.5 Å². The van der Waals surface area contributed by atoms with Gasteiger partial charge in [-0.25, -0.2) is 4.79 Å². The van der Waals surface area contributed by atoms with Crippen LogP contribution in [0.2, 0.25) is 0 Å². The van der Waals surface area contributed by atoms with Crippen LogP contribution in [0.1, 0.15) is 22.5 Å². The van der Waals surface area contributed by atoms with Crippen molar-refractivity contribution in [1.29, 1.82) is 0 Å². The second-order valence-electron chi connectivity index (χ2n) is 3.07. The Morgan fingerprint density at radius 2 is 2.19 bits per heavy atom. The zero-order valence-corrected chi connectivity index (χ0v) is 9.08. The minimum atomic E-state index is -4.25. The van der Waals surface area contributed by atoms with E-state index in [1.165, 1.54) is 6.92 Å². The molecule has 8 heteroatoms.